The topological polar surface area (TPSA) is 26.3 Å². The first-order valence-electron chi connectivity index (χ1n) is 21.6. The quantitative estimate of drug-likeness (QED) is 0.0989. The Bertz CT molecular complexity index is 1100. The summed E-state index contributed by atoms with van der Waals surface area (Å²) in [7, 11) is 0. The highest BCUT2D eigenvalue weighted by Gasteiger charge is 2.69. The minimum absolute atomic E-state index is 0.0443. The van der Waals surface area contributed by atoms with Crippen molar-refractivity contribution in [3.05, 3.63) is 11.6 Å². The molecule has 0 aromatic heterocycles. The van der Waals surface area contributed by atoms with Crippen molar-refractivity contribution in [1.82, 2.24) is 0 Å². The van der Waals surface area contributed by atoms with Crippen LogP contribution >= 0.6 is 0 Å². The van der Waals surface area contributed by atoms with Crippen LogP contribution in [0.25, 0.3) is 0 Å². The summed E-state index contributed by atoms with van der Waals surface area (Å²) in [6, 6.07) is 0. The second-order valence-corrected chi connectivity index (χ2v) is 20.1. The monoisotopic (exact) mass is 665 g/mol. The Morgan fingerprint density at radius 3 is 1.94 bits per heavy atom. The van der Waals surface area contributed by atoms with Gasteiger partial charge in [0, 0.05) is 11.8 Å². The number of ether oxygens (including phenoxy) is 1. The zero-order valence-electron chi connectivity index (χ0n) is 33.6. The third kappa shape index (κ3) is 7.14. The first-order valence-corrected chi connectivity index (χ1v) is 21.6. The second-order valence-electron chi connectivity index (χ2n) is 20.1. The summed E-state index contributed by atoms with van der Waals surface area (Å²) >= 11 is 0. The Labute approximate surface area is 299 Å². The van der Waals surface area contributed by atoms with E-state index in [0.717, 1.165) is 36.5 Å². The van der Waals surface area contributed by atoms with E-state index in [0.29, 0.717) is 34.0 Å². The first kappa shape index (κ1) is 38.4. The fourth-order valence-corrected chi connectivity index (χ4v) is 14.0. The van der Waals surface area contributed by atoms with Gasteiger partial charge in [0.25, 0.3) is 0 Å². The highest BCUT2D eigenvalue weighted by atomic mass is 16.5. The number of unbranched alkanes of at least 4 members (excludes halogenated alkanes) is 12. The summed E-state index contributed by atoms with van der Waals surface area (Å²) in [6.07, 6.45) is 32.6. The minimum Gasteiger partial charge on any atom is -0.462 e. The van der Waals surface area contributed by atoms with Crippen LogP contribution in [-0.2, 0) is 9.53 Å². The third-order valence-corrected chi connectivity index (χ3v) is 17.2. The summed E-state index contributed by atoms with van der Waals surface area (Å²) in [5.41, 5.74) is 3.38. The van der Waals surface area contributed by atoms with E-state index in [4.69, 9.17) is 4.74 Å². The maximum atomic E-state index is 13.2. The Balaban J connectivity index is 1.11. The van der Waals surface area contributed by atoms with E-state index in [1.807, 2.05) is 0 Å². The Hall–Kier alpha value is -0.790. The van der Waals surface area contributed by atoms with Crippen molar-refractivity contribution in [3.63, 3.8) is 0 Å². The summed E-state index contributed by atoms with van der Waals surface area (Å²) in [5, 5.41) is 0. The van der Waals surface area contributed by atoms with Crippen LogP contribution in [0.3, 0.4) is 0 Å². The van der Waals surface area contributed by atoms with Gasteiger partial charge >= 0.3 is 5.97 Å². The van der Waals surface area contributed by atoms with Crippen LogP contribution in [0.15, 0.2) is 11.6 Å². The van der Waals surface area contributed by atoms with Gasteiger partial charge in [0.05, 0.1) is 0 Å². The predicted octanol–water partition coefficient (Wildman–Crippen LogP) is 14.1. The van der Waals surface area contributed by atoms with Gasteiger partial charge < -0.3 is 4.74 Å². The first-order chi connectivity index (χ1) is 22.7. The maximum absolute atomic E-state index is 13.2. The zero-order chi connectivity index (χ0) is 34.8. The molecule has 2 heteroatoms. The van der Waals surface area contributed by atoms with Crippen molar-refractivity contribution < 1.29 is 9.53 Å². The average Bonchev–Trinajstić information content (AvgIpc) is 3.03. The van der Waals surface area contributed by atoms with Gasteiger partial charge in [0.2, 0.25) is 0 Å². The van der Waals surface area contributed by atoms with E-state index < -0.39 is 0 Å². The smallest absolute Gasteiger partial charge is 0.306 e. The molecule has 0 saturated heterocycles. The van der Waals surface area contributed by atoms with Crippen molar-refractivity contribution >= 4 is 5.97 Å². The van der Waals surface area contributed by atoms with Crippen molar-refractivity contribution in [2.45, 2.75) is 216 Å². The Morgan fingerprint density at radius 1 is 0.708 bits per heavy atom. The van der Waals surface area contributed by atoms with Crippen LogP contribution in [0, 0.1) is 56.7 Å². The van der Waals surface area contributed by atoms with Crippen LogP contribution in [0.1, 0.15) is 210 Å². The number of hydrogen-bond donors (Lipinski definition) is 0. The largest absolute Gasteiger partial charge is 0.462 e. The molecule has 276 valence electrons. The van der Waals surface area contributed by atoms with Gasteiger partial charge in [0.15, 0.2) is 0 Å². The molecule has 5 aliphatic rings. The fraction of sp³-hybridized carbons (Fsp3) is 0.935. The van der Waals surface area contributed by atoms with E-state index in [-0.39, 0.29) is 17.5 Å². The lowest BCUT2D eigenvalue weighted by Crippen LogP contribution is -2.67. The van der Waals surface area contributed by atoms with E-state index in [1.165, 1.54) is 128 Å². The predicted molar refractivity (Wildman–Crippen MR) is 205 cm³/mol. The fourth-order valence-electron chi connectivity index (χ4n) is 14.0. The molecule has 5 rings (SSSR count). The number of allylic oxidation sites excluding steroid dienone is 2. The lowest BCUT2D eigenvalue weighted by Gasteiger charge is -2.73. The van der Waals surface area contributed by atoms with Crippen molar-refractivity contribution in [2.75, 3.05) is 0 Å². The van der Waals surface area contributed by atoms with Crippen molar-refractivity contribution in [2.24, 2.45) is 56.7 Å². The van der Waals surface area contributed by atoms with Gasteiger partial charge in [-0.3, -0.25) is 4.79 Å². The van der Waals surface area contributed by atoms with Gasteiger partial charge in [-0.05, 0) is 122 Å². The molecule has 10 atom stereocenters. The molecule has 2 nitrogen and oxygen atoms in total. The summed E-state index contributed by atoms with van der Waals surface area (Å²) in [5.74, 6) is 3.91. The summed E-state index contributed by atoms with van der Waals surface area (Å²) in [6.45, 7) is 23.1. The van der Waals surface area contributed by atoms with E-state index in [9.17, 15) is 4.79 Å². The summed E-state index contributed by atoms with van der Waals surface area (Å²) < 4.78 is 6.42. The molecule has 0 heterocycles. The molecule has 0 N–H and O–H groups in total. The van der Waals surface area contributed by atoms with Crippen LogP contribution in [0.2, 0.25) is 0 Å². The molecule has 0 radical (unpaired) electrons. The molecule has 4 fully saturated rings. The molecule has 4 saturated carbocycles. The van der Waals surface area contributed by atoms with Crippen LogP contribution in [0.5, 0.6) is 0 Å². The van der Waals surface area contributed by atoms with E-state index in [1.54, 1.807) is 5.57 Å². The Morgan fingerprint density at radius 2 is 1.31 bits per heavy atom. The SMILES string of the molecule is CCCCCCCCCCCCCCCC(=O)OC1CCC2(C)C(CCC3(C)C2CCC2C4C(C)C(C)=CCC4(C)CCC23C)C1(C)C. The zero-order valence-corrected chi connectivity index (χ0v) is 33.6. The standard InChI is InChI=1S/C46H80O2/c1-10-11-12-13-14-15-16-17-18-19-20-21-22-23-40(47)48-39-28-30-44(7)37(42(39,4)5)27-31-46(9)38(44)25-24-36-41-35(3)34(2)26-29-43(41,6)32-33-45(36,46)8/h26,35-39,41H,10-25,27-33H2,1-9H3. The number of carbonyl (C=O) groups excluding carboxylic acids is 1. The summed E-state index contributed by atoms with van der Waals surface area (Å²) in [4.78, 5) is 13.2. The number of rotatable bonds is 15. The highest BCUT2D eigenvalue weighted by molar-refractivity contribution is 5.69. The normalized spacial score (nSPS) is 41.7. The molecule has 0 amide bonds. The van der Waals surface area contributed by atoms with Crippen molar-refractivity contribution in [1.29, 1.82) is 0 Å². The number of hydrogen-bond acceptors (Lipinski definition) is 2. The lowest BCUT2D eigenvalue weighted by molar-refractivity contribution is -0.252. The molecule has 5 aliphatic carbocycles. The number of fused-ring (bicyclic) bond motifs is 7. The van der Waals surface area contributed by atoms with Gasteiger partial charge in [-0.15, -0.1) is 0 Å². The highest BCUT2D eigenvalue weighted by Crippen LogP contribution is 2.76. The molecule has 48 heavy (non-hydrogen) atoms. The third-order valence-electron chi connectivity index (χ3n) is 17.2. The van der Waals surface area contributed by atoms with E-state index in [2.05, 4.69) is 68.4 Å². The lowest BCUT2D eigenvalue weighted by atomic mass is 9.31. The number of esters is 1. The molecule has 10 unspecified atom stereocenters. The van der Waals surface area contributed by atoms with Gasteiger partial charge in [-0.2, -0.15) is 0 Å². The molecule has 0 aromatic rings. The second kappa shape index (κ2) is 15.4. The molecule has 0 aliphatic heterocycles. The van der Waals surface area contributed by atoms with Crippen LogP contribution in [0.4, 0.5) is 0 Å². The average molecular weight is 665 g/mol. The van der Waals surface area contributed by atoms with Gasteiger partial charge in [-0.1, -0.05) is 144 Å². The van der Waals surface area contributed by atoms with Crippen LogP contribution < -0.4 is 0 Å². The molecular weight excluding hydrogens is 585 g/mol. The Kier molecular flexibility index (Phi) is 12.4. The molecule has 0 aromatic carbocycles. The van der Waals surface area contributed by atoms with Gasteiger partial charge in [-0.25, -0.2) is 0 Å². The maximum Gasteiger partial charge on any atom is 0.306 e. The molecule has 0 spiro atoms. The molecular formula is C46H80O2. The minimum atomic E-state index is 0.0443. The number of carbonyl (C=O) groups is 1. The van der Waals surface area contributed by atoms with Crippen molar-refractivity contribution in [3.8, 4) is 0 Å². The van der Waals surface area contributed by atoms with Gasteiger partial charge in [0.1, 0.15) is 6.10 Å². The molecule has 0 bridgehead atoms. The van der Waals surface area contributed by atoms with E-state index >= 15 is 0 Å². The van der Waals surface area contributed by atoms with Crippen LogP contribution in [-0.4, -0.2) is 12.1 Å².